The molecule has 6 heteroatoms. The van der Waals surface area contributed by atoms with Gasteiger partial charge in [0.05, 0.1) is 22.8 Å². The van der Waals surface area contributed by atoms with Crippen molar-refractivity contribution in [2.75, 3.05) is 0 Å². The highest BCUT2D eigenvalue weighted by atomic mass is 16.4. The van der Waals surface area contributed by atoms with Gasteiger partial charge in [0.15, 0.2) is 22.8 Å². The molecular weight excluding hydrogens is 833 g/mol. The SMILES string of the molecule is c1ccc(-c2cc(-c3cccc(-c4ccc5oc6c(ccc7c8cc(-c9cccc(-c%10cc(-c%11ccccc%11)nc(-c%11ccccc%11)n%10)c9)ccc8oc76)c5c4)c3)nc(-c3ccccc3)n2)cc1. The zero-order valence-corrected chi connectivity index (χ0v) is 36.5. The molecule has 4 aromatic heterocycles. The quantitative estimate of drug-likeness (QED) is 0.151. The molecule has 0 atom stereocenters. The summed E-state index contributed by atoms with van der Waals surface area (Å²) in [6.45, 7) is 0. The predicted molar refractivity (Wildman–Crippen MR) is 276 cm³/mol. The Hall–Kier alpha value is -9.26. The van der Waals surface area contributed by atoms with Crippen molar-refractivity contribution in [3.8, 4) is 90.1 Å². The molecule has 0 aliphatic heterocycles. The fourth-order valence-corrected chi connectivity index (χ4v) is 9.28. The predicted octanol–water partition coefficient (Wildman–Crippen LogP) is 16.4. The molecule has 0 saturated carbocycles. The van der Waals surface area contributed by atoms with Crippen molar-refractivity contribution in [1.29, 1.82) is 0 Å². The number of nitrogens with zero attached hydrogens (tertiary/aromatic N) is 4. The lowest BCUT2D eigenvalue weighted by atomic mass is 9.98. The van der Waals surface area contributed by atoms with Crippen LogP contribution in [0.4, 0.5) is 0 Å². The third-order valence-electron chi connectivity index (χ3n) is 12.7. The van der Waals surface area contributed by atoms with Gasteiger partial charge in [-0.1, -0.05) is 170 Å². The van der Waals surface area contributed by atoms with E-state index >= 15 is 0 Å². The Bertz CT molecular complexity index is 3640. The third kappa shape index (κ3) is 7.08. The van der Waals surface area contributed by atoms with E-state index in [9.17, 15) is 0 Å². The maximum absolute atomic E-state index is 6.63. The van der Waals surface area contributed by atoms with Crippen LogP contribution >= 0.6 is 0 Å². The lowest BCUT2D eigenvalue weighted by Crippen LogP contribution is -1.96. The minimum atomic E-state index is 0.690. The van der Waals surface area contributed by atoms with Gasteiger partial charge >= 0.3 is 0 Å². The van der Waals surface area contributed by atoms with E-state index in [2.05, 4.69) is 158 Å². The molecule has 0 saturated heterocycles. The fraction of sp³-hybridized carbons (Fsp3) is 0. The number of fused-ring (bicyclic) bond motifs is 7. The highest BCUT2D eigenvalue weighted by molar-refractivity contribution is 6.19. The van der Waals surface area contributed by atoms with Crippen molar-refractivity contribution in [3.05, 3.63) is 231 Å². The molecule has 0 bridgehead atoms. The molecule has 13 aromatic rings. The minimum absolute atomic E-state index is 0.690. The number of rotatable bonds is 8. The van der Waals surface area contributed by atoms with Crippen LogP contribution in [0.25, 0.3) is 134 Å². The first-order chi connectivity index (χ1) is 33.6. The van der Waals surface area contributed by atoms with Crippen molar-refractivity contribution >= 4 is 43.9 Å². The van der Waals surface area contributed by atoms with Gasteiger partial charge in [0.1, 0.15) is 11.2 Å². The van der Waals surface area contributed by atoms with Gasteiger partial charge in [-0.25, -0.2) is 19.9 Å². The van der Waals surface area contributed by atoms with E-state index in [0.717, 1.165) is 122 Å². The molecule has 4 heterocycles. The molecule has 0 amide bonds. The summed E-state index contributed by atoms with van der Waals surface area (Å²) in [5.74, 6) is 1.38. The smallest absolute Gasteiger partial charge is 0.178 e. The average Bonchev–Trinajstić information content (AvgIpc) is 4.00. The molecule has 0 unspecified atom stereocenters. The lowest BCUT2D eigenvalue weighted by molar-refractivity contribution is 0.633. The third-order valence-corrected chi connectivity index (χ3v) is 12.7. The van der Waals surface area contributed by atoms with Crippen molar-refractivity contribution < 1.29 is 8.83 Å². The van der Waals surface area contributed by atoms with Gasteiger partial charge in [-0.3, -0.25) is 0 Å². The zero-order chi connectivity index (χ0) is 45.0. The van der Waals surface area contributed by atoms with Crippen LogP contribution in [-0.4, -0.2) is 19.9 Å². The van der Waals surface area contributed by atoms with Gasteiger partial charge in [0.25, 0.3) is 0 Å². The Morgan fingerprint density at radius 3 is 0.941 bits per heavy atom. The second-order valence-corrected chi connectivity index (χ2v) is 17.0. The Morgan fingerprint density at radius 2 is 0.544 bits per heavy atom. The first-order valence-corrected chi connectivity index (χ1v) is 22.7. The first-order valence-electron chi connectivity index (χ1n) is 22.7. The van der Waals surface area contributed by atoms with Gasteiger partial charge in [0, 0.05) is 54.9 Å². The summed E-state index contributed by atoms with van der Waals surface area (Å²) in [6, 6.07) is 79.2. The van der Waals surface area contributed by atoms with Crippen LogP contribution in [0.1, 0.15) is 0 Å². The topological polar surface area (TPSA) is 77.8 Å². The largest absolute Gasteiger partial charge is 0.452 e. The average molecular weight is 871 g/mol. The van der Waals surface area contributed by atoms with Crippen LogP contribution in [0, 0.1) is 0 Å². The maximum atomic E-state index is 6.63. The molecule has 0 aliphatic rings. The second-order valence-electron chi connectivity index (χ2n) is 17.0. The highest BCUT2D eigenvalue weighted by Gasteiger charge is 2.19. The number of aromatic nitrogens is 4. The van der Waals surface area contributed by atoms with Crippen LogP contribution in [-0.2, 0) is 0 Å². The van der Waals surface area contributed by atoms with E-state index in [-0.39, 0.29) is 0 Å². The van der Waals surface area contributed by atoms with E-state index < -0.39 is 0 Å². The van der Waals surface area contributed by atoms with Crippen LogP contribution in [0.15, 0.2) is 239 Å². The minimum Gasteiger partial charge on any atom is -0.452 e. The number of hydrogen-bond acceptors (Lipinski definition) is 6. The van der Waals surface area contributed by atoms with Crippen LogP contribution in [0.2, 0.25) is 0 Å². The van der Waals surface area contributed by atoms with Crippen molar-refractivity contribution in [1.82, 2.24) is 19.9 Å². The summed E-state index contributed by atoms with van der Waals surface area (Å²) in [6.07, 6.45) is 0. The maximum Gasteiger partial charge on any atom is 0.178 e. The Kier molecular flexibility index (Phi) is 9.39. The molecule has 13 rings (SSSR count). The van der Waals surface area contributed by atoms with E-state index in [0.29, 0.717) is 11.6 Å². The van der Waals surface area contributed by atoms with E-state index in [1.165, 1.54) is 0 Å². The molecular formula is C62H38N4O2. The van der Waals surface area contributed by atoms with Crippen molar-refractivity contribution in [2.45, 2.75) is 0 Å². The van der Waals surface area contributed by atoms with Crippen molar-refractivity contribution in [3.63, 3.8) is 0 Å². The molecule has 68 heavy (non-hydrogen) atoms. The van der Waals surface area contributed by atoms with Crippen LogP contribution in [0.5, 0.6) is 0 Å². The molecule has 6 nitrogen and oxygen atoms in total. The van der Waals surface area contributed by atoms with E-state index in [4.69, 9.17) is 28.8 Å². The zero-order valence-electron chi connectivity index (χ0n) is 36.5. The second kappa shape index (κ2) is 16.3. The molecule has 0 radical (unpaired) electrons. The van der Waals surface area contributed by atoms with E-state index in [1.54, 1.807) is 0 Å². The Balaban J connectivity index is 0.853. The summed E-state index contributed by atoms with van der Waals surface area (Å²) < 4.78 is 13.3. The lowest BCUT2D eigenvalue weighted by Gasteiger charge is -2.10. The molecule has 0 aliphatic carbocycles. The summed E-state index contributed by atoms with van der Waals surface area (Å²) >= 11 is 0. The summed E-state index contributed by atoms with van der Waals surface area (Å²) in [5, 5.41) is 4.06. The normalized spacial score (nSPS) is 11.5. The number of hydrogen-bond donors (Lipinski definition) is 0. The summed E-state index contributed by atoms with van der Waals surface area (Å²) in [4.78, 5) is 20.2. The number of furan rings is 2. The van der Waals surface area contributed by atoms with E-state index in [1.807, 2.05) is 72.8 Å². The Labute approximate surface area is 391 Å². The van der Waals surface area contributed by atoms with Gasteiger partial charge < -0.3 is 8.83 Å². The summed E-state index contributed by atoms with van der Waals surface area (Å²) in [7, 11) is 0. The molecule has 318 valence electrons. The van der Waals surface area contributed by atoms with Crippen LogP contribution in [0.3, 0.4) is 0 Å². The summed E-state index contributed by atoms with van der Waals surface area (Å²) in [5.41, 5.74) is 16.9. The van der Waals surface area contributed by atoms with Crippen molar-refractivity contribution in [2.24, 2.45) is 0 Å². The Morgan fingerprint density at radius 1 is 0.221 bits per heavy atom. The van der Waals surface area contributed by atoms with Crippen LogP contribution < -0.4 is 0 Å². The highest BCUT2D eigenvalue weighted by Crippen LogP contribution is 2.42. The fourth-order valence-electron chi connectivity index (χ4n) is 9.28. The molecule has 0 spiro atoms. The molecule has 9 aromatic carbocycles. The molecule has 0 fully saturated rings. The molecule has 0 N–H and O–H groups in total. The monoisotopic (exact) mass is 870 g/mol. The first kappa shape index (κ1) is 39.1. The van der Waals surface area contributed by atoms with Gasteiger partial charge in [-0.2, -0.15) is 0 Å². The van der Waals surface area contributed by atoms with Gasteiger partial charge in [-0.15, -0.1) is 0 Å². The number of benzene rings is 9. The van der Waals surface area contributed by atoms with Gasteiger partial charge in [-0.05, 0) is 82.9 Å². The standard InChI is InChI=1S/C62H38N4O2/c1-5-15-39(16-6-1)53-37-55(65-61(63-53)41-19-9-3-10-20-41)47-25-13-23-43(33-47)45-27-31-57-51(35-45)49-29-30-50-52-36-46(28-32-58(52)68-60(50)59(49)67-57)44-24-14-26-48(34-44)56-38-54(40-17-7-2-8-18-40)64-62(66-56)42-21-11-4-12-22-42/h1-38H. The van der Waals surface area contributed by atoms with Gasteiger partial charge in [0.2, 0.25) is 0 Å².